The van der Waals surface area contributed by atoms with Crippen molar-refractivity contribution >= 4 is 27.3 Å². The Labute approximate surface area is 122 Å². The number of nitrogens with two attached hydrogens (primary N) is 2. The summed E-state index contributed by atoms with van der Waals surface area (Å²) >= 11 is 0. The van der Waals surface area contributed by atoms with Gasteiger partial charge in [0.15, 0.2) is 0 Å². The molecule has 0 bridgehead atoms. The summed E-state index contributed by atoms with van der Waals surface area (Å²) in [5, 5.41) is 7.67. The minimum atomic E-state index is -3.81. The van der Waals surface area contributed by atoms with Gasteiger partial charge in [-0.2, -0.15) is 0 Å². The van der Waals surface area contributed by atoms with Gasteiger partial charge in [0.05, 0.1) is 4.90 Å². The van der Waals surface area contributed by atoms with Gasteiger partial charge in [-0.05, 0) is 48.9 Å². The Hall–Kier alpha value is -2.38. The molecule has 0 atom stereocenters. The van der Waals surface area contributed by atoms with Gasteiger partial charge in [0.2, 0.25) is 10.0 Å². The van der Waals surface area contributed by atoms with Crippen molar-refractivity contribution < 1.29 is 13.2 Å². The maximum absolute atomic E-state index is 12.1. The molecule has 0 aliphatic rings. The molecule has 5 N–H and O–H groups in total. The average molecular weight is 305 g/mol. The number of carbonyl (C=O) groups is 1. The molecular weight excluding hydrogens is 290 g/mol. The van der Waals surface area contributed by atoms with E-state index in [1.165, 1.54) is 18.2 Å². The summed E-state index contributed by atoms with van der Waals surface area (Å²) in [7, 11) is -3.81. The number of sulfonamides is 1. The van der Waals surface area contributed by atoms with E-state index in [-0.39, 0.29) is 10.8 Å². The molecule has 0 saturated heterocycles. The quantitative estimate of drug-likeness (QED) is 0.745. The van der Waals surface area contributed by atoms with Crippen molar-refractivity contribution in [3.63, 3.8) is 0 Å². The highest BCUT2D eigenvalue weighted by molar-refractivity contribution is 7.89. The lowest BCUT2D eigenvalue weighted by Crippen LogP contribution is -2.15. The van der Waals surface area contributed by atoms with Crippen LogP contribution in [-0.2, 0) is 10.0 Å². The Morgan fingerprint density at radius 2 is 1.86 bits per heavy atom. The first-order valence-corrected chi connectivity index (χ1v) is 7.62. The fourth-order valence-corrected chi connectivity index (χ4v) is 2.33. The van der Waals surface area contributed by atoms with E-state index in [9.17, 15) is 13.2 Å². The first kappa shape index (κ1) is 15.0. The number of amides is 1. The second kappa shape index (κ2) is 5.55. The first-order valence-electron chi connectivity index (χ1n) is 6.08. The van der Waals surface area contributed by atoms with Crippen LogP contribution in [0.25, 0.3) is 0 Å². The molecule has 7 heteroatoms. The standard InChI is InChI=1S/C14H15N3O3S/c1-9-7-10(5-6-13(9)15)14(18)17-11-3-2-4-12(8-11)21(16,19)20/h2-8H,15H2,1H3,(H,17,18)(H2,16,19,20). The summed E-state index contributed by atoms with van der Waals surface area (Å²) in [6.45, 7) is 1.80. The monoisotopic (exact) mass is 305 g/mol. The molecule has 2 rings (SSSR count). The third-order valence-corrected chi connectivity index (χ3v) is 3.86. The van der Waals surface area contributed by atoms with Gasteiger partial charge in [-0.1, -0.05) is 6.07 Å². The number of nitrogens with one attached hydrogen (secondary N) is 1. The number of primary sulfonamides is 1. The Kier molecular flexibility index (Phi) is 3.97. The molecule has 0 aliphatic heterocycles. The van der Waals surface area contributed by atoms with Crippen LogP contribution in [-0.4, -0.2) is 14.3 Å². The van der Waals surface area contributed by atoms with E-state index in [0.717, 1.165) is 5.56 Å². The Bertz CT molecular complexity index is 801. The van der Waals surface area contributed by atoms with E-state index in [1.807, 2.05) is 0 Å². The molecule has 0 radical (unpaired) electrons. The highest BCUT2D eigenvalue weighted by Gasteiger charge is 2.11. The molecule has 0 fully saturated rings. The van der Waals surface area contributed by atoms with Crippen molar-refractivity contribution in [3.05, 3.63) is 53.6 Å². The molecule has 6 nitrogen and oxygen atoms in total. The van der Waals surface area contributed by atoms with Gasteiger partial charge in [-0.15, -0.1) is 0 Å². The van der Waals surface area contributed by atoms with Crippen molar-refractivity contribution in [1.29, 1.82) is 0 Å². The maximum Gasteiger partial charge on any atom is 0.255 e. The van der Waals surface area contributed by atoms with Crippen molar-refractivity contribution in [3.8, 4) is 0 Å². The molecule has 110 valence electrons. The number of nitrogen functional groups attached to an aromatic ring is 1. The zero-order valence-electron chi connectivity index (χ0n) is 11.3. The lowest BCUT2D eigenvalue weighted by atomic mass is 10.1. The second-order valence-corrected chi connectivity index (χ2v) is 6.16. The molecule has 0 heterocycles. The fourth-order valence-electron chi connectivity index (χ4n) is 1.77. The SMILES string of the molecule is Cc1cc(C(=O)Nc2cccc(S(N)(=O)=O)c2)ccc1N. The number of hydrogen-bond acceptors (Lipinski definition) is 4. The predicted octanol–water partition coefficient (Wildman–Crippen LogP) is 1.48. The number of anilines is 2. The number of benzene rings is 2. The van der Waals surface area contributed by atoms with Crippen LogP contribution < -0.4 is 16.2 Å². The van der Waals surface area contributed by atoms with E-state index >= 15 is 0 Å². The molecule has 2 aromatic rings. The fraction of sp³-hybridized carbons (Fsp3) is 0.0714. The largest absolute Gasteiger partial charge is 0.399 e. The van der Waals surface area contributed by atoms with Crippen LogP contribution in [0.2, 0.25) is 0 Å². The summed E-state index contributed by atoms with van der Waals surface area (Å²) in [5.74, 6) is -0.357. The number of aryl methyl sites for hydroxylation is 1. The molecule has 0 spiro atoms. The van der Waals surface area contributed by atoms with Gasteiger partial charge in [-0.25, -0.2) is 13.6 Å². The van der Waals surface area contributed by atoms with Crippen LogP contribution >= 0.6 is 0 Å². The van der Waals surface area contributed by atoms with Crippen molar-refractivity contribution in [2.24, 2.45) is 5.14 Å². The molecular formula is C14H15N3O3S. The van der Waals surface area contributed by atoms with Gasteiger partial charge in [0, 0.05) is 16.9 Å². The van der Waals surface area contributed by atoms with Crippen LogP contribution in [0.3, 0.4) is 0 Å². The minimum absolute atomic E-state index is 0.0613. The molecule has 21 heavy (non-hydrogen) atoms. The predicted molar refractivity (Wildman–Crippen MR) is 81.4 cm³/mol. The summed E-state index contributed by atoms with van der Waals surface area (Å²) in [4.78, 5) is 12.0. The number of hydrogen-bond donors (Lipinski definition) is 3. The van der Waals surface area contributed by atoms with Gasteiger partial charge >= 0.3 is 0 Å². The lowest BCUT2D eigenvalue weighted by molar-refractivity contribution is 0.102. The van der Waals surface area contributed by atoms with E-state index in [2.05, 4.69) is 5.32 Å². The normalized spacial score (nSPS) is 11.1. The Morgan fingerprint density at radius 3 is 2.48 bits per heavy atom. The van der Waals surface area contributed by atoms with E-state index < -0.39 is 10.0 Å². The average Bonchev–Trinajstić information content (AvgIpc) is 2.41. The van der Waals surface area contributed by atoms with Gasteiger partial charge in [0.1, 0.15) is 0 Å². The van der Waals surface area contributed by atoms with Crippen molar-refractivity contribution in [2.75, 3.05) is 11.1 Å². The topological polar surface area (TPSA) is 115 Å². The Morgan fingerprint density at radius 1 is 1.14 bits per heavy atom. The number of carbonyl (C=O) groups excluding carboxylic acids is 1. The Balaban J connectivity index is 2.25. The molecule has 1 amide bonds. The van der Waals surface area contributed by atoms with Crippen LogP contribution in [0.5, 0.6) is 0 Å². The maximum atomic E-state index is 12.1. The minimum Gasteiger partial charge on any atom is -0.399 e. The summed E-state index contributed by atoms with van der Waals surface area (Å²) in [6, 6.07) is 10.6. The summed E-state index contributed by atoms with van der Waals surface area (Å²) in [6.07, 6.45) is 0. The lowest BCUT2D eigenvalue weighted by Gasteiger charge is -2.08. The zero-order valence-corrected chi connectivity index (χ0v) is 12.1. The third kappa shape index (κ3) is 3.59. The molecule has 0 aromatic heterocycles. The molecule has 0 unspecified atom stereocenters. The third-order valence-electron chi connectivity index (χ3n) is 2.95. The molecule has 0 saturated carbocycles. The summed E-state index contributed by atoms with van der Waals surface area (Å²) < 4.78 is 22.5. The van der Waals surface area contributed by atoms with E-state index in [1.54, 1.807) is 31.2 Å². The van der Waals surface area contributed by atoms with Crippen molar-refractivity contribution in [1.82, 2.24) is 0 Å². The highest BCUT2D eigenvalue weighted by Crippen LogP contribution is 2.17. The highest BCUT2D eigenvalue weighted by atomic mass is 32.2. The number of rotatable bonds is 3. The van der Waals surface area contributed by atoms with Gasteiger partial charge in [0.25, 0.3) is 5.91 Å². The summed E-state index contributed by atoms with van der Waals surface area (Å²) in [5.41, 5.74) is 7.87. The van der Waals surface area contributed by atoms with Crippen LogP contribution in [0, 0.1) is 6.92 Å². The van der Waals surface area contributed by atoms with Crippen LogP contribution in [0.4, 0.5) is 11.4 Å². The van der Waals surface area contributed by atoms with Crippen LogP contribution in [0.1, 0.15) is 15.9 Å². The first-order chi connectivity index (χ1) is 9.77. The van der Waals surface area contributed by atoms with Crippen molar-refractivity contribution in [2.45, 2.75) is 11.8 Å². The molecule has 2 aromatic carbocycles. The smallest absolute Gasteiger partial charge is 0.255 e. The van der Waals surface area contributed by atoms with E-state index in [0.29, 0.717) is 16.9 Å². The van der Waals surface area contributed by atoms with Crippen LogP contribution in [0.15, 0.2) is 47.4 Å². The molecule has 0 aliphatic carbocycles. The zero-order chi connectivity index (χ0) is 15.6. The second-order valence-electron chi connectivity index (χ2n) is 4.60. The van der Waals surface area contributed by atoms with Gasteiger partial charge in [-0.3, -0.25) is 4.79 Å². The van der Waals surface area contributed by atoms with E-state index in [4.69, 9.17) is 10.9 Å². The van der Waals surface area contributed by atoms with Gasteiger partial charge < -0.3 is 11.1 Å².